The summed E-state index contributed by atoms with van der Waals surface area (Å²) in [5.41, 5.74) is 4.08. The molecular weight excluding hydrogens is 449 g/mol. The van der Waals surface area contributed by atoms with Crippen molar-refractivity contribution < 1.29 is 4.79 Å². The van der Waals surface area contributed by atoms with Gasteiger partial charge in [0.2, 0.25) is 0 Å². The van der Waals surface area contributed by atoms with Crippen molar-refractivity contribution in [3.8, 4) is 0 Å². The summed E-state index contributed by atoms with van der Waals surface area (Å²) < 4.78 is 0. The largest absolute Gasteiger partial charge is 0.301 e. The van der Waals surface area contributed by atoms with Crippen molar-refractivity contribution in [3.63, 3.8) is 0 Å². The van der Waals surface area contributed by atoms with Gasteiger partial charge in [0.15, 0.2) is 5.78 Å². The van der Waals surface area contributed by atoms with E-state index in [9.17, 15) is 4.79 Å². The third-order valence-corrected chi connectivity index (χ3v) is 6.92. The average Bonchev–Trinajstić information content (AvgIpc) is 2.85. The van der Waals surface area contributed by atoms with Gasteiger partial charge in [-0.3, -0.25) is 4.79 Å². The van der Waals surface area contributed by atoms with E-state index in [2.05, 4.69) is 5.32 Å². The van der Waals surface area contributed by atoms with Gasteiger partial charge in [0.25, 0.3) is 0 Å². The summed E-state index contributed by atoms with van der Waals surface area (Å²) in [5.74, 6) is -0.465. The molecule has 0 bridgehead atoms. The van der Waals surface area contributed by atoms with Crippen molar-refractivity contribution in [2.75, 3.05) is 0 Å². The van der Waals surface area contributed by atoms with E-state index in [1.165, 1.54) is 0 Å². The van der Waals surface area contributed by atoms with Crippen LogP contribution in [-0.2, 0) is 4.79 Å². The molecule has 1 saturated heterocycles. The van der Waals surface area contributed by atoms with E-state index < -0.39 is 0 Å². The van der Waals surface area contributed by atoms with Gasteiger partial charge in [-0.1, -0.05) is 108 Å². The van der Waals surface area contributed by atoms with E-state index in [0.717, 1.165) is 22.3 Å². The monoisotopic (exact) mass is 471 g/mol. The summed E-state index contributed by atoms with van der Waals surface area (Å²) in [6.07, 6.45) is 0. The van der Waals surface area contributed by atoms with E-state index in [1.54, 1.807) is 0 Å². The molecule has 0 unspecified atom stereocenters. The molecular formula is C29H23Cl2NO. The molecule has 0 amide bonds. The van der Waals surface area contributed by atoms with Crippen LogP contribution in [-0.4, -0.2) is 5.78 Å². The minimum atomic E-state index is -0.332. The van der Waals surface area contributed by atoms with E-state index in [4.69, 9.17) is 23.2 Å². The first-order valence-corrected chi connectivity index (χ1v) is 11.8. The molecule has 1 N–H and O–H groups in total. The number of hydrogen-bond donors (Lipinski definition) is 1. The maximum Gasteiger partial charge on any atom is 0.151 e. The topological polar surface area (TPSA) is 29.1 Å². The summed E-state index contributed by atoms with van der Waals surface area (Å²) in [6.45, 7) is 0. The van der Waals surface area contributed by atoms with Crippen LogP contribution < -0.4 is 5.32 Å². The van der Waals surface area contributed by atoms with Gasteiger partial charge in [0, 0.05) is 22.1 Å². The molecule has 4 aromatic carbocycles. The molecule has 0 aromatic heterocycles. The summed E-state index contributed by atoms with van der Waals surface area (Å²) in [5, 5.41) is 5.19. The van der Waals surface area contributed by atoms with Crippen molar-refractivity contribution in [3.05, 3.63) is 141 Å². The highest BCUT2D eigenvalue weighted by Gasteiger charge is 2.45. The van der Waals surface area contributed by atoms with Crippen molar-refractivity contribution in [2.24, 2.45) is 0 Å². The first kappa shape index (κ1) is 21.9. The summed E-state index contributed by atoms with van der Waals surface area (Å²) in [6, 6.07) is 35.2. The van der Waals surface area contributed by atoms with Crippen molar-refractivity contribution in [2.45, 2.75) is 23.9 Å². The number of piperidine rings is 1. The molecule has 1 aliphatic rings. The maximum absolute atomic E-state index is 14.3. The molecule has 0 aliphatic carbocycles. The predicted octanol–water partition coefficient (Wildman–Crippen LogP) is 7.52. The van der Waals surface area contributed by atoms with Crippen LogP contribution in [0.5, 0.6) is 0 Å². The van der Waals surface area contributed by atoms with Gasteiger partial charge in [-0.05, 0) is 46.5 Å². The van der Waals surface area contributed by atoms with Crippen LogP contribution in [0.3, 0.4) is 0 Å². The number of halogens is 2. The molecule has 4 heteroatoms. The van der Waals surface area contributed by atoms with E-state index >= 15 is 0 Å². The van der Waals surface area contributed by atoms with Gasteiger partial charge in [-0.25, -0.2) is 0 Å². The normalized spacial score (nSPS) is 22.8. The zero-order valence-corrected chi connectivity index (χ0v) is 19.4. The highest BCUT2D eigenvalue weighted by Crippen LogP contribution is 2.47. The number of carbonyl (C=O) groups is 1. The van der Waals surface area contributed by atoms with Crippen LogP contribution in [0.15, 0.2) is 109 Å². The van der Waals surface area contributed by atoms with Crippen molar-refractivity contribution in [1.82, 2.24) is 5.32 Å². The molecule has 164 valence electrons. The standard InChI is InChI=1S/C29H23Cl2NO/c30-23-15-11-21(12-16-23)27-25(19-7-3-1-4-8-19)29(33)26(20-9-5-2-6-10-20)28(32-27)22-13-17-24(31)18-14-22/h1-18,25-28,32H/t25-,26+,27-,28+. The van der Waals surface area contributed by atoms with Crippen LogP contribution in [0.2, 0.25) is 10.0 Å². The Labute approximate surface area is 204 Å². The highest BCUT2D eigenvalue weighted by molar-refractivity contribution is 6.30. The zero-order chi connectivity index (χ0) is 22.8. The molecule has 2 nitrogen and oxygen atoms in total. The highest BCUT2D eigenvalue weighted by atomic mass is 35.5. The molecule has 0 saturated carbocycles. The Morgan fingerprint density at radius 3 is 1.21 bits per heavy atom. The fourth-order valence-corrected chi connectivity index (χ4v) is 5.11. The lowest BCUT2D eigenvalue weighted by molar-refractivity contribution is -0.125. The van der Waals surface area contributed by atoms with Crippen LogP contribution in [0.4, 0.5) is 0 Å². The quantitative estimate of drug-likeness (QED) is 0.333. The van der Waals surface area contributed by atoms with Gasteiger partial charge in [-0.15, -0.1) is 0 Å². The van der Waals surface area contributed by atoms with E-state index in [1.807, 2.05) is 109 Å². The second kappa shape index (κ2) is 9.52. The first-order chi connectivity index (χ1) is 16.1. The molecule has 4 atom stereocenters. The summed E-state index contributed by atoms with van der Waals surface area (Å²) in [7, 11) is 0. The molecule has 1 fully saturated rings. The lowest BCUT2D eigenvalue weighted by atomic mass is 9.70. The number of rotatable bonds is 4. The average molecular weight is 472 g/mol. The molecule has 0 spiro atoms. The number of nitrogens with one attached hydrogen (secondary N) is 1. The Bertz CT molecular complexity index is 1130. The predicted molar refractivity (Wildman–Crippen MR) is 135 cm³/mol. The third-order valence-electron chi connectivity index (χ3n) is 6.41. The number of benzene rings is 4. The molecule has 4 aromatic rings. The van der Waals surface area contributed by atoms with Crippen molar-refractivity contribution in [1.29, 1.82) is 0 Å². The lowest BCUT2D eigenvalue weighted by Crippen LogP contribution is -2.46. The second-order valence-electron chi connectivity index (χ2n) is 8.40. The van der Waals surface area contributed by atoms with Crippen LogP contribution in [0, 0.1) is 0 Å². The van der Waals surface area contributed by atoms with Crippen LogP contribution >= 0.6 is 23.2 Å². The molecule has 33 heavy (non-hydrogen) atoms. The lowest BCUT2D eigenvalue weighted by Gasteiger charge is -2.42. The number of carbonyl (C=O) groups excluding carboxylic acids is 1. The van der Waals surface area contributed by atoms with Gasteiger partial charge in [0.05, 0.1) is 11.8 Å². The van der Waals surface area contributed by atoms with Crippen molar-refractivity contribution >= 4 is 29.0 Å². The Kier molecular flexibility index (Phi) is 6.32. The molecule has 1 aliphatic heterocycles. The molecule has 0 radical (unpaired) electrons. The SMILES string of the molecule is O=C1[C@H](c2ccccc2)[C@@H](c2ccc(Cl)cc2)N[C@@H](c2ccc(Cl)cc2)[C@@H]1c1ccccc1. The summed E-state index contributed by atoms with van der Waals surface area (Å²) >= 11 is 12.4. The smallest absolute Gasteiger partial charge is 0.151 e. The second-order valence-corrected chi connectivity index (χ2v) is 9.28. The fourth-order valence-electron chi connectivity index (χ4n) is 4.86. The molecule has 1 heterocycles. The van der Waals surface area contributed by atoms with Crippen LogP contribution in [0.25, 0.3) is 0 Å². The van der Waals surface area contributed by atoms with E-state index in [-0.39, 0.29) is 29.7 Å². The number of hydrogen-bond acceptors (Lipinski definition) is 2. The Morgan fingerprint density at radius 2 is 0.848 bits per heavy atom. The maximum atomic E-state index is 14.3. The van der Waals surface area contributed by atoms with E-state index in [0.29, 0.717) is 10.0 Å². The first-order valence-electron chi connectivity index (χ1n) is 11.0. The molecule has 5 rings (SSSR count). The van der Waals surface area contributed by atoms with Gasteiger partial charge >= 0.3 is 0 Å². The van der Waals surface area contributed by atoms with Crippen LogP contribution in [0.1, 0.15) is 46.2 Å². The third kappa shape index (κ3) is 4.47. The number of Topliss-reactive ketones (excluding diaryl/α,β-unsaturated/α-hetero) is 1. The van der Waals surface area contributed by atoms with Gasteiger partial charge in [0.1, 0.15) is 0 Å². The Morgan fingerprint density at radius 1 is 0.485 bits per heavy atom. The zero-order valence-electron chi connectivity index (χ0n) is 17.9. The fraction of sp³-hybridized carbons (Fsp3) is 0.138. The minimum absolute atomic E-state index is 0.196. The van der Waals surface area contributed by atoms with Gasteiger partial charge in [-0.2, -0.15) is 0 Å². The number of ketones is 1. The minimum Gasteiger partial charge on any atom is -0.301 e. The Balaban J connectivity index is 1.67. The summed E-state index contributed by atoms with van der Waals surface area (Å²) in [4.78, 5) is 14.3. The van der Waals surface area contributed by atoms with Gasteiger partial charge < -0.3 is 5.32 Å². The Hall–Kier alpha value is -2.91.